The van der Waals surface area contributed by atoms with Crippen molar-refractivity contribution in [3.05, 3.63) is 24.3 Å². The minimum atomic E-state index is -2.96. The van der Waals surface area contributed by atoms with E-state index in [0.29, 0.717) is 22.9 Å². The second-order valence-electron chi connectivity index (χ2n) is 6.61. The van der Waals surface area contributed by atoms with Crippen LogP contribution in [-0.2, 0) is 19.7 Å². The van der Waals surface area contributed by atoms with Gasteiger partial charge in [-0.05, 0) is 25.0 Å². The van der Waals surface area contributed by atoms with E-state index in [9.17, 15) is 16.8 Å². The molecule has 2 atom stereocenters. The molecule has 2 aliphatic heterocycles. The lowest BCUT2D eigenvalue weighted by molar-refractivity contribution is 0.600. The molecule has 6 nitrogen and oxygen atoms in total. The zero-order valence-corrected chi connectivity index (χ0v) is 17.1. The van der Waals surface area contributed by atoms with Gasteiger partial charge < -0.3 is 0 Å². The van der Waals surface area contributed by atoms with Crippen LogP contribution in [-0.4, -0.2) is 60.3 Å². The van der Waals surface area contributed by atoms with Crippen LogP contribution in [0.4, 0.5) is 0 Å². The van der Waals surface area contributed by atoms with Crippen molar-refractivity contribution in [1.29, 1.82) is 0 Å². The molecule has 0 radical (unpaired) electrons. The van der Waals surface area contributed by atoms with E-state index in [0.717, 1.165) is 11.0 Å². The Balaban J connectivity index is 1.65. The van der Waals surface area contributed by atoms with Gasteiger partial charge in [-0.3, -0.25) is 0 Å². The van der Waals surface area contributed by atoms with Gasteiger partial charge >= 0.3 is 0 Å². The number of rotatable bonds is 4. The Hall–Kier alpha value is -0.840. The predicted molar refractivity (Wildman–Crippen MR) is 105 cm³/mol. The molecular weight excluding hydrogens is 412 g/mol. The van der Waals surface area contributed by atoms with Gasteiger partial charge in [-0.1, -0.05) is 35.7 Å². The lowest BCUT2D eigenvalue weighted by atomic mass is 10.3. The van der Waals surface area contributed by atoms with Crippen molar-refractivity contribution in [2.24, 2.45) is 0 Å². The normalized spacial score (nSPS) is 27.1. The van der Waals surface area contributed by atoms with E-state index in [1.807, 2.05) is 24.3 Å². The summed E-state index contributed by atoms with van der Waals surface area (Å²) in [7, 11) is -5.93. The van der Waals surface area contributed by atoms with Crippen LogP contribution in [0.3, 0.4) is 0 Å². The Morgan fingerprint density at radius 3 is 1.54 bits per heavy atom. The van der Waals surface area contributed by atoms with Crippen molar-refractivity contribution in [3.63, 3.8) is 0 Å². The molecule has 140 valence electrons. The third-order valence-corrected chi connectivity index (χ3v) is 11.0. The number of sulfone groups is 2. The van der Waals surface area contributed by atoms with E-state index in [4.69, 9.17) is 9.97 Å². The summed E-state index contributed by atoms with van der Waals surface area (Å²) in [5.41, 5.74) is 1.53. The Bertz CT molecular complexity index is 969. The van der Waals surface area contributed by atoms with Gasteiger partial charge in [0.1, 0.15) is 10.1 Å². The smallest absolute Gasteiger partial charge is 0.151 e. The summed E-state index contributed by atoms with van der Waals surface area (Å²) >= 11 is 2.91. The largest absolute Gasteiger partial charge is 0.237 e. The first kappa shape index (κ1) is 18.5. The molecule has 3 heterocycles. The van der Waals surface area contributed by atoms with Crippen molar-refractivity contribution >= 4 is 54.2 Å². The van der Waals surface area contributed by atoms with Crippen LogP contribution in [0, 0.1) is 0 Å². The summed E-state index contributed by atoms with van der Waals surface area (Å²) in [6, 6.07) is 7.54. The van der Waals surface area contributed by atoms with Crippen molar-refractivity contribution in [1.82, 2.24) is 9.97 Å². The summed E-state index contributed by atoms with van der Waals surface area (Å²) in [5, 5.41) is 1.37. The standard InChI is InChI=1S/C16H18N2O4S4/c19-25(20)7-5-11(9-25)23-15-16(24-12-6-8-26(21,22)10-12)18-14-4-2-1-3-13(14)17-15/h1-4,11-12H,5-10H2/t11-,12-/m0/s1. The van der Waals surface area contributed by atoms with E-state index in [1.54, 1.807) is 0 Å². The summed E-state index contributed by atoms with van der Waals surface area (Å²) in [5.74, 6) is 0.756. The Labute approximate surface area is 161 Å². The fourth-order valence-corrected chi connectivity index (χ4v) is 10.3. The number of aromatic nitrogens is 2. The molecule has 0 amide bonds. The van der Waals surface area contributed by atoms with Crippen molar-refractivity contribution < 1.29 is 16.8 Å². The van der Waals surface area contributed by atoms with Crippen LogP contribution in [0.5, 0.6) is 0 Å². The average molecular weight is 431 g/mol. The monoisotopic (exact) mass is 430 g/mol. The molecule has 0 unspecified atom stereocenters. The van der Waals surface area contributed by atoms with Gasteiger partial charge in [0, 0.05) is 10.5 Å². The average Bonchev–Trinajstić information content (AvgIpc) is 3.09. The fourth-order valence-electron chi connectivity index (χ4n) is 3.14. The fraction of sp³-hybridized carbons (Fsp3) is 0.500. The van der Waals surface area contributed by atoms with E-state index < -0.39 is 19.7 Å². The molecule has 0 spiro atoms. The summed E-state index contributed by atoms with van der Waals surface area (Å²) in [6.45, 7) is 0. The molecule has 0 aliphatic carbocycles. The van der Waals surface area contributed by atoms with Gasteiger partial charge in [0.05, 0.1) is 34.0 Å². The first-order valence-corrected chi connectivity index (χ1v) is 13.7. The van der Waals surface area contributed by atoms with Gasteiger partial charge in [0.15, 0.2) is 19.7 Å². The summed E-state index contributed by atoms with van der Waals surface area (Å²) < 4.78 is 47.0. The molecule has 26 heavy (non-hydrogen) atoms. The predicted octanol–water partition coefficient (Wildman–Crippen LogP) is 2.19. The number of nitrogens with zero attached hydrogens (tertiary/aromatic N) is 2. The molecule has 1 aromatic heterocycles. The molecule has 4 rings (SSSR count). The van der Waals surface area contributed by atoms with Crippen LogP contribution >= 0.6 is 23.5 Å². The molecule has 2 saturated heterocycles. The van der Waals surface area contributed by atoms with Crippen LogP contribution < -0.4 is 0 Å². The highest BCUT2D eigenvalue weighted by Gasteiger charge is 2.32. The third kappa shape index (κ3) is 4.18. The maximum absolute atomic E-state index is 11.8. The summed E-state index contributed by atoms with van der Waals surface area (Å²) in [6.07, 6.45) is 1.23. The zero-order valence-electron chi connectivity index (χ0n) is 13.9. The van der Waals surface area contributed by atoms with Crippen molar-refractivity contribution in [2.75, 3.05) is 23.0 Å². The number of hydrogen-bond acceptors (Lipinski definition) is 8. The van der Waals surface area contributed by atoms with Gasteiger partial charge in [-0.25, -0.2) is 26.8 Å². The second kappa shape index (κ2) is 6.96. The van der Waals surface area contributed by atoms with Gasteiger partial charge in [0.25, 0.3) is 0 Å². The minimum Gasteiger partial charge on any atom is -0.237 e. The highest BCUT2D eigenvalue weighted by Crippen LogP contribution is 2.39. The first-order chi connectivity index (χ1) is 12.3. The number of fused-ring (bicyclic) bond motifs is 1. The van der Waals surface area contributed by atoms with E-state index in [-0.39, 0.29) is 33.5 Å². The molecule has 0 saturated carbocycles. The van der Waals surface area contributed by atoms with Gasteiger partial charge in [0.2, 0.25) is 0 Å². The quantitative estimate of drug-likeness (QED) is 0.729. The Morgan fingerprint density at radius 1 is 0.769 bits per heavy atom. The molecule has 0 bridgehead atoms. The lowest BCUT2D eigenvalue weighted by Crippen LogP contribution is -2.09. The minimum absolute atomic E-state index is 0.0258. The number of benzene rings is 1. The van der Waals surface area contributed by atoms with Gasteiger partial charge in [-0.15, -0.1) is 0 Å². The number of para-hydroxylation sites is 2. The van der Waals surface area contributed by atoms with E-state index in [2.05, 4.69) is 0 Å². The van der Waals surface area contributed by atoms with Crippen molar-refractivity contribution in [3.8, 4) is 0 Å². The third-order valence-electron chi connectivity index (χ3n) is 4.45. The molecule has 1 aromatic carbocycles. The molecule has 2 aliphatic rings. The molecule has 0 N–H and O–H groups in total. The summed E-state index contributed by atoms with van der Waals surface area (Å²) in [4.78, 5) is 9.40. The molecule has 2 aromatic rings. The van der Waals surface area contributed by atoms with Crippen LogP contribution in [0.2, 0.25) is 0 Å². The number of thioether (sulfide) groups is 2. The molecule has 10 heteroatoms. The van der Waals surface area contributed by atoms with E-state index in [1.165, 1.54) is 23.5 Å². The van der Waals surface area contributed by atoms with Gasteiger partial charge in [-0.2, -0.15) is 0 Å². The van der Waals surface area contributed by atoms with Crippen LogP contribution in [0.25, 0.3) is 11.0 Å². The lowest BCUT2D eigenvalue weighted by Gasteiger charge is -2.14. The maximum Gasteiger partial charge on any atom is 0.151 e. The first-order valence-electron chi connectivity index (χ1n) is 8.31. The highest BCUT2D eigenvalue weighted by molar-refractivity contribution is 8.04. The Kier molecular flexibility index (Phi) is 4.96. The zero-order chi connectivity index (χ0) is 18.4. The van der Waals surface area contributed by atoms with Crippen LogP contribution in [0.15, 0.2) is 34.3 Å². The number of hydrogen-bond donors (Lipinski definition) is 0. The highest BCUT2D eigenvalue weighted by atomic mass is 32.2. The SMILES string of the molecule is O=S1(=O)CC[C@H](Sc2nc3ccccc3nc2S[C@H]2CCS(=O)(=O)C2)C1. The topological polar surface area (TPSA) is 94.1 Å². The second-order valence-corrected chi connectivity index (χ2v) is 13.6. The van der Waals surface area contributed by atoms with Crippen molar-refractivity contribution in [2.45, 2.75) is 33.4 Å². The molecular formula is C16H18N2O4S4. The molecule has 2 fully saturated rings. The van der Waals surface area contributed by atoms with Crippen LogP contribution in [0.1, 0.15) is 12.8 Å². The van der Waals surface area contributed by atoms with E-state index >= 15 is 0 Å². The Morgan fingerprint density at radius 2 is 1.19 bits per heavy atom. The maximum atomic E-state index is 11.8.